The quantitative estimate of drug-likeness (QED) is 0.580. The topological polar surface area (TPSA) is 122 Å². The van der Waals surface area contributed by atoms with Crippen LogP contribution >= 0.6 is 0 Å². The third-order valence-corrected chi connectivity index (χ3v) is 8.78. The molecule has 2 N–H and O–H groups in total. The summed E-state index contributed by atoms with van der Waals surface area (Å²) in [6.45, 7) is 2.48. The standard InChI is InChI=1S/C22H29N3O6S2/c1-17-7-10-20(32(27,28)23-2)15-21(17)24-22(26)16-31-18-8-11-19(12-9-18)33(29,30)25-13-5-3-4-6-14-25/h7-12,15,23H,3-6,13-14,16H2,1-2H3,(H,24,26). The average Bonchev–Trinajstić information content (AvgIpc) is 3.09. The van der Waals surface area contributed by atoms with Gasteiger partial charge in [-0.2, -0.15) is 4.31 Å². The third kappa shape index (κ3) is 6.32. The highest BCUT2D eigenvalue weighted by Crippen LogP contribution is 2.23. The van der Waals surface area contributed by atoms with Crippen LogP contribution in [0, 0.1) is 6.92 Å². The molecule has 0 bridgehead atoms. The van der Waals surface area contributed by atoms with E-state index < -0.39 is 26.0 Å². The van der Waals surface area contributed by atoms with Crippen LogP contribution in [0.4, 0.5) is 5.69 Å². The number of aryl methyl sites for hydroxylation is 1. The molecule has 0 spiro atoms. The number of sulfonamides is 2. The van der Waals surface area contributed by atoms with Gasteiger partial charge in [0.1, 0.15) is 5.75 Å². The highest BCUT2D eigenvalue weighted by atomic mass is 32.2. The zero-order valence-electron chi connectivity index (χ0n) is 18.7. The van der Waals surface area contributed by atoms with E-state index in [4.69, 9.17) is 4.74 Å². The van der Waals surface area contributed by atoms with Crippen LogP contribution in [0.15, 0.2) is 52.3 Å². The maximum Gasteiger partial charge on any atom is 0.262 e. The summed E-state index contributed by atoms with van der Waals surface area (Å²) < 4.78 is 58.9. The zero-order valence-corrected chi connectivity index (χ0v) is 20.3. The maximum absolute atomic E-state index is 12.8. The highest BCUT2D eigenvalue weighted by Gasteiger charge is 2.25. The minimum atomic E-state index is -3.64. The Kier molecular flexibility index (Phi) is 8.11. The summed E-state index contributed by atoms with van der Waals surface area (Å²) in [4.78, 5) is 12.6. The van der Waals surface area contributed by atoms with Crippen molar-refractivity contribution in [3.8, 4) is 5.75 Å². The second-order valence-electron chi connectivity index (χ2n) is 7.81. The van der Waals surface area contributed by atoms with Crippen molar-refractivity contribution in [2.24, 2.45) is 0 Å². The molecule has 0 unspecified atom stereocenters. The first-order valence-electron chi connectivity index (χ1n) is 10.7. The lowest BCUT2D eigenvalue weighted by molar-refractivity contribution is -0.118. The Morgan fingerprint density at radius 2 is 1.55 bits per heavy atom. The predicted octanol–water partition coefficient (Wildman–Crippen LogP) is 2.49. The lowest BCUT2D eigenvalue weighted by Crippen LogP contribution is -2.31. The van der Waals surface area contributed by atoms with Crippen molar-refractivity contribution >= 4 is 31.6 Å². The van der Waals surface area contributed by atoms with Crippen LogP contribution in [0.1, 0.15) is 31.2 Å². The van der Waals surface area contributed by atoms with Gasteiger partial charge in [0.2, 0.25) is 20.0 Å². The molecule has 33 heavy (non-hydrogen) atoms. The Hall–Kier alpha value is -2.47. The molecule has 1 aliphatic rings. The van der Waals surface area contributed by atoms with Gasteiger partial charge in [-0.1, -0.05) is 18.9 Å². The van der Waals surface area contributed by atoms with Gasteiger partial charge < -0.3 is 10.1 Å². The first-order valence-corrected chi connectivity index (χ1v) is 13.6. The summed E-state index contributed by atoms with van der Waals surface area (Å²) >= 11 is 0. The van der Waals surface area contributed by atoms with E-state index in [1.54, 1.807) is 13.0 Å². The van der Waals surface area contributed by atoms with Crippen molar-refractivity contribution in [3.63, 3.8) is 0 Å². The molecule has 1 saturated heterocycles. The van der Waals surface area contributed by atoms with Crippen molar-refractivity contribution in [1.82, 2.24) is 9.03 Å². The van der Waals surface area contributed by atoms with Crippen molar-refractivity contribution < 1.29 is 26.4 Å². The molecule has 9 nitrogen and oxygen atoms in total. The monoisotopic (exact) mass is 495 g/mol. The van der Waals surface area contributed by atoms with Gasteiger partial charge in [-0.3, -0.25) is 4.79 Å². The number of carbonyl (C=O) groups excluding carboxylic acids is 1. The minimum absolute atomic E-state index is 0.0352. The van der Waals surface area contributed by atoms with Gasteiger partial charge in [-0.25, -0.2) is 21.6 Å². The van der Waals surface area contributed by atoms with Crippen molar-refractivity contribution in [2.45, 2.75) is 42.4 Å². The Balaban J connectivity index is 1.62. The molecule has 2 aromatic carbocycles. The molecule has 0 saturated carbocycles. The number of benzene rings is 2. The highest BCUT2D eigenvalue weighted by molar-refractivity contribution is 7.89. The number of hydrogen-bond acceptors (Lipinski definition) is 6. The Labute approximate surface area is 195 Å². The summed E-state index contributed by atoms with van der Waals surface area (Å²) in [6.07, 6.45) is 3.80. The third-order valence-electron chi connectivity index (χ3n) is 5.46. The van der Waals surface area contributed by atoms with E-state index in [1.165, 1.54) is 47.8 Å². The van der Waals surface area contributed by atoms with E-state index in [2.05, 4.69) is 10.0 Å². The number of rotatable bonds is 8. The number of ether oxygens (including phenoxy) is 1. The van der Waals surface area contributed by atoms with Gasteiger partial charge in [-0.05, 0) is 68.8 Å². The smallest absolute Gasteiger partial charge is 0.262 e. The fourth-order valence-corrected chi connectivity index (χ4v) is 5.77. The fourth-order valence-electron chi connectivity index (χ4n) is 3.49. The molecular formula is C22H29N3O6S2. The fraction of sp³-hybridized carbons (Fsp3) is 0.409. The van der Waals surface area contributed by atoms with E-state index in [1.807, 2.05) is 0 Å². The van der Waals surface area contributed by atoms with Gasteiger partial charge in [-0.15, -0.1) is 0 Å². The Morgan fingerprint density at radius 3 is 2.15 bits per heavy atom. The van der Waals surface area contributed by atoms with E-state index in [-0.39, 0.29) is 16.4 Å². The number of nitrogens with zero attached hydrogens (tertiary/aromatic N) is 1. The number of hydrogen-bond donors (Lipinski definition) is 2. The van der Waals surface area contributed by atoms with Crippen molar-refractivity contribution in [2.75, 3.05) is 32.1 Å². The lowest BCUT2D eigenvalue weighted by atomic mass is 10.2. The molecule has 1 heterocycles. The molecular weight excluding hydrogens is 466 g/mol. The van der Waals surface area contributed by atoms with Crippen LogP contribution < -0.4 is 14.8 Å². The molecule has 0 atom stereocenters. The summed E-state index contributed by atoms with van der Waals surface area (Å²) in [7, 11) is -5.88. The van der Waals surface area contributed by atoms with Crippen LogP contribution in [0.5, 0.6) is 5.75 Å². The minimum Gasteiger partial charge on any atom is -0.484 e. The number of amides is 1. The molecule has 180 valence electrons. The predicted molar refractivity (Wildman–Crippen MR) is 125 cm³/mol. The first-order chi connectivity index (χ1) is 15.6. The van der Waals surface area contributed by atoms with Gasteiger partial charge in [0.25, 0.3) is 5.91 Å². The average molecular weight is 496 g/mol. The molecule has 1 fully saturated rings. The lowest BCUT2D eigenvalue weighted by Gasteiger charge is -2.20. The normalized spacial score (nSPS) is 15.6. The number of nitrogens with one attached hydrogen (secondary N) is 2. The van der Waals surface area contributed by atoms with Crippen molar-refractivity contribution in [3.05, 3.63) is 48.0 Å². The number of carbonyl (C=O) groups is 1. The molecule has 2 aromatic rings. The first kappa shape index (κ1) is 25.2. The van der Waals surface area contributed by atoms with Crippen LogP contribution in [0.25, 0.3) is 0 Å². The van der Waals surface area contributed by atoms with Crippen LogP contribution in [-0.4, -0.2) is 53.8 Å². The van der Waals surface area contributed by atoms with Crippen LogP contribution in [-0.2, 0) is 24.8 Å². The SMILES string of the molecule is CNS(=O)(=O)c1ccc(C)c(NC(=O)COc2ccc(S(=O)(=O)N3CCCCCC3)cc2)c1. The maximum atomic E-state index is 12.8. The molecule has 3 rings (SSSR count). The summed E-state index contributed by atoms with van der Waals surface area (Å²) in [5.74, 6) is -0.124. The van der Waals surface area contributed by atoms with Crippen molar-refractivity contribution in [1.29, 1.82) is 0 Å². The molecule has 0 radical (unpaired) electrons. The van der Waals surface area contributed by atoms with E-state index in [9.17, 15) is 21.6 Å². The Bertz CT molecular complexity index is 1190. The molecule has 0 aromatic heterocycles. The second kappa shape index (κ2) is 10.6. The Morgan fingerprint density at radius 1 is 0.939 bits per heavy atom. The van der Waals surface area contributed by atoms with Crippen LogP contribution in [0.3, 0.4) is 0 Å². The molecule has 1 aliphatic heterocycles. The van der Waals surface area contributed by atoms with E-state index in [0.29, 0.717) is 30.1 Å². The molecule has 1 amide bonds. The van der Waals surface area contributed by atoms with E-state index in [0.717, 1.165) is 25.7 Å². The largest absolute Gasteiger partial charge is 0.484 e. The molecule has 11 heteroatoms. The van der Waals surface area contributed by atoms with Gasteiger partial charge >= 0.3 is 0 Å². The van der Waals surface area contributed by atoms with Crippen LogP contribution in [0.2, 0.25) is 0 Å². The number of anilines is 1. The van der Waals surface area contributed by atoms with Gasteiger partial charge in [0.05, 0.1) is 9.79 Å². The van der Waals surface area contributed by atoms with Gasteiger partial charge in [0, 0.05) is 18.8 Å². The summed E-state index contributed by atoms with van der Waals surface area (Å²) in [5, 5.41) is 2.64. The summed E-state index contributed by atoms with van der Waals surface area (Å²) in [5.41, 5.74) is 1.06. The molecule has 0 aliphatic carbocycles. The second-order valence-corrected chi connectivity index (χ2v) is 11.6. The van der Waals surface area contributed by atoms with Gasteiger partial charge in [0.15, 0.2) is 6.61 Å². The zero-order chi connectivity index (χ0) is 24.1. The summed E-state index contributed by atoms with van der Waals surface area (Å²) in [6, 6.07) is 10.4. The van der Waals surface area contributed by atoms with E-state index >= 15 is 0 Å².